The number of amides is 2. The fourth-order valence-corrected chi connectivity index (χ4v) is 5.54. The minimum absolute atomic E-state index is 0.0447. The van der Waals surface area contributed by atoms with Crippen molar-refractivity contribution in [3.05, 3.63) is 69.8 Å². The highest BCUT2D eigenvalue weighted by atomic mass is 32.2. The maximum absolute atomic E-state index is 14.3. The van der Waals surface area contributed by atoms with Crippen LogP contribution in [0.1, 0.15) is 28.7 Å². The zero-order valence-corrected chi connectivity index (χ0v) is 20.6. The Morgan fingerprint density at radius 3 is 2.51 bits per heavy atom. The summed E-state index contributed by atoms with van der Waals surface area (Å²) >= 11 is 0.695. The number of nitrogens with one attached hydrogen (secondary N) is 1. The molecule has 0 bridgehead atoms. The van der Waals surface area contributed by atoms with Crippen LogP contribution in [0.4, 0.5) is 35.5 Å². The van der Waals surface area contributed by atoms with E-state index >= 15 is 0 Å². The molecule has 1 N–H and O–H groups in total. The molecule has 3 heterocycles. The lowest BCUT2D eigenvalue weighted by atomic mass is 10.0. The van der Waals surface area contributed by atoms with Gasteiger partial charge in [-0.15, -0.1) is 0 Å². The molecule has 206 valence electrons. The zero-order valence-electron chi connectivity index (χ0n) is 19.8. The average Bonchev–Trinajstić information content (AvgIpc) is 3.37. The fraction of sp³-hybridized carbons (Fsp3) is 0.320. The number of thioether (sulfide) groups is 1. The van der Waals surface area contributed by atoms with Crippen molar-refractivity contribution < 1.29 is 40.3 Å². The smallest absolute Gasteiger partial charge is 0.314 e. The Kier molecular flexibility index (Phi) is 6.95. The molecule has 3 aromatic rings. The second-order valence-electron chi connectivity index (χ2n) is 9.12. The summed E-state index contributed by atoms with van der Waals surface area (Å²) in [5.41, 5.74) is -2.29. The Labute approximate surface area is 220 Å². The lowest BCUT2D eigenvalue weighted by molar-refractivity contribution is -0.143. The SMILES string of the molecule is O=C1S/C(=C\c2ccc3c(cnn3Cc3ccc(C(F)(F)F)cc3C(F)(F)F)c2)C(=O)N1[C@@H]1CCNC[C@H]1F. The van der Waals surface area contributed by atoms with Gasteiger partial charge in [0.15, 0.2) is 0 Å². The molecule has 0 aliphatic carbocycles. The summed E-state index contributed by atoms with van der Waals surface area (Å²) in [5, 5.41) is 6.89. The lowest BCUT2D eigenvalue weighted by Gasteiger charge is -2.32. The maximum Gasteiger partial charge on any atom is 0.416 e. The van der Waals surface area contributed by atoms with Crippen LogP contribution >= 0.6 is 11.8 Å². The van der Waals surface area contributed by atoms with Crippen molar-refractivity contribution in [2.75, 3.05) is 13.1 Å². The molecule has 14 heteroatoms. The summed E-state index contributed by atoms with van der Waals surface area (Å²) in [6.07, 6.45) is -8.18. The number of hydrogen-bond acceptors (Lipinski definition) is 5. The van der Waals surface area contributed by atoms with Crippen LogP contribution in [0.15, 0.2) is 47.5 Å². The number of rotatable bonds is 4. The third-order valence-electron chi connectivity index (χ3n) is 6.56. The van der Waals surface area contributed by atoms with Crippen LogP contribution in [0.3, 0.4) is 0 Å². The van der Waals surface area contributed by atoms with Crippen molar-refractivity contribution in [1.82, 2.24) is 20.0 Å². The van der Waals surface area contributed by atoms with Gasteiger partial charge in [-0.1, -0.05) is 12.1 Å². The molecule has 2 fully saturated rings. The van der Waals surface area contributed by atoms with Crippen molar-refractivity contribution in [2.45, 2.75) is 37.5 Å². The number of carbonyl (C=O) groups excluding carboxylic acids is 2. The van der Waals surface area contributed by atoms with Gasteiger partial charge >= 0.3 is 12.4 Å². The molecule has 0 spiro atoms. The van der Waals surface area contributed by atoms with Gasteiger partial charge in [-0.25, -0.2) is 4.39 Å². The minimum Gasteiger partial charge on any atom is -0.314 e. The van der Waals surface area contributed by atoms with Crippen molar-refractivity contribution in [3.63, 3.8) is 0 Å². The highest BCUT2D eigenvalue weighted by Gasteiger charge is 2.44. The quantitative estimate of drug-likeness (QED) is 0.314. The van der Waals surface area contributed by atoms with Crippen LogP contribution in [0.25, 0.3) is 17.0 Å². The Morgan fingerprint density at radius 1 is 1.05 bits per heavy atom. The molecule has 1 aromatic heterocycles. The number of carbonyl (C=O) groups is 2. The van der Waals surface area contributed by atoms with Gasteiger partial charge in [0.25, 0.3) is 11.1 Å². The predicted octanol–water partition coefficient (Wildman–Crippen LogP) is 5.86. The number of fused-ring (bicyclic) bond motifs is 1. The van der Waals surface area contributed by atoms with Gasteiger partial charge in [0.1, 0.15) is 6.17 Å². The lowest BCUT2D eigenvalue weighted by Crippen LogP contribution is -2.52. The number of hydrogen-bond donors (Lipinski definition) is 1. The number of piperidine rings is 1. The average molecular weight is 573 g/mol. The van der Waals surface area contributed by atoms with Crippen LogP contribution in [-0.4, -0.2) is 51.1 Å². The summed E-state index contributed by atoms with van der Waals surface area (Å²) in [6.45, 7) is 0.0852. The Balaban J connectivity index is 1.40. The molecule has 2 aliphatic heterocycles. The molecule has 39 heavy (non-hydrogen) atoms. The first-order chi connectivity index (χ1) is 18.3. The summed E-state index contributed by atoms with van der Waals surface area (Å²) in [6, 6.07) is 5.32. The molecular weight excluding hydrogens is 553 g/mol. The molecule has 0 saturated carbocycles. The van der Waals surface area contributed by atoms with Gasteiger partial charge in [0.05, 0.1) is 40.3 Å². The minimum atomic E-state index is -5.01. The molecule has 5 rings (SSSR count). The van der Waals surface area contributed by atoms with Gasteiger partial charge in [0.2, 0.25) is 0 Å². The van der Waals surface area contributed by atoms with Crippen LogP contribution < -0.4 is 5.32 Å². The molecule has 0 radical (unpaired) electrons. The maximum atomic E-state index is 14.3. The van der Waals surface area contributed by atoms with Gasteiger partial charge in [0, 0.05) is 11.9 Å². The van der Waals surface area contributed by atoms with E-state index in [-0.39, 0.29) is 23.1 Å². The summed E-state index contributed by atoms with van der Waals surface area (Å²) < 4.78 is 95.2. The number of halogens is 7. The topological polar surface area (TPSA) is 67.2 Å². The Hall–Kier alpha value is -3.39. The molecule has 2 atom stereocenters. The second-order valence-corrected chi connectivity index (χ2v) is 10.1. The number of benzene rings is 2. The van der Waals surface area contributed by atoms with E-state index in [4.69, 9.17) is 0 Å². The van der Waals surface area contributed by atoms with Gasteiger partial charge in [-0.2, -0.15) is 31.4 Å². The predicted molar refractivity (Wildman–Crippen MR) is 129 cm³/mol. The molecule has 0 unspecified atom stereocenters. The normalized spacial score (nSPS) is 21.9. The number of aromatic nitrogens is 2. The number of alkyl halides is 7. The van der Waals surface area contributed by atoms with Crippen molar-refractivity contribution in [2.24, 2.45) is 0 Å². The Morgan fingerprint density at radius 2 is 1.82 bits per heavy atom. The third kappa shape index (κ3) is 5.39. The van der Waals surface area contributed by atoms with Gasteiger partial charge in [-0.3, -0.25) is 19.2 Å². The molecule has 2 amide bonds. The van der Waals surface area contributed by atoms with Crippen LogP contribution in [0.5, 0.6) is 0 Å². The third-order valence-corrected chi connectivity index (χ3v) is 7.44. The van der Waals surface area contributed by atoms with Crippen molar-refractivity contribution >= 4 is 39.9 Å². The second kappa shape index (κ2) is 9.97. The first-order valence-electron chi connectivity index (χ1n) is 11.7. The van der Waals surface area contributed by atoms with Gasteiger partial charge < -0.3 is 5.32 Å². The van der Waals surface area contributed by atoms with Crippen LogP contribution in [-0.2, 0) is 23.7 Å². The molecule has 6 nitrogen and oxygen atoms in total. The van der Waals surface area contributed by atoms with E-state index in [1.165, 1.54) is 17.0 Å². The highest BCUT2D eigenvalue weighted by molar-refractivity contribution is 8.18. The van der Waals surface area contributed by atoms with Crippen molar-refractivity contribution in [3.8, 4) is 0 Å². The van der Waals surface area contributed by atoms with E-state index in [2.05, 4.69) is 10.4 Å². The van der Waals surface area contributed by atoms with E-state index in [1.807, 2.05) is 0 Å². The van der Waals surface area contributed by atoms with E-state index in [1.54, 1.807) is 18.2 Å². The molecule has 2 aromatic carbocycles. The summed E-state index contributed by atoms with van der Waals surface area (Å²) in [5.74, 6) is -0.600. The first kappa shape index (κ1) is 27.2. The molecular formula is C25H19F7N4O2S. The van der Waals surface area contributed by atoms with E-state index in [0.717, 1.165) is 11.0 Å². The van der Waals surface area contributed by atoms with Crippen LogP contribution in [0.2, 0.25) is 0 Å². The van der Waals surface area contributed by atoms with E-state index in [9.17, 15) is 40.3 Å². The largest absolute Gasteiger partial charge is 0.416 e. The highest BCUT2D eigenvalue weighted by Crippen LogP contribution is 2.38. The monoisotopic (exact) mass is 572 g/mol. The van der Waals surface area contributed by atoms with Gasteiger partial charge in [-0.05, 0) is 66.2 Å². The standard InChI is InChI=1S/C25H19F7N4O2S/c26-18-11-33-6-5-20(18)36-22(37)21(39-23(36)38)8-13-1-4-19-15(7-13)10-34-35(19)12-14-2-3-16(24(27,28)29)9-17(14)25(30,31)32/h1-4,7-10,18,20,33H,5-6,11-12H2/b21-8-/t18-,20-/m1/s1. The number of imide groups is 1. The summed E-state index contributed by atoms with van der Waals surface area (Å²) in [7, 11) is 0. The van der Waals surface area contributed by atoms with Crippen molar-refractivity contribution in [1.29, 1.82) is 0 Å². The van der Waals surface area contributed by atoms with Crippen LogP contribution in [0, 0.1) is 0 Å². The Bertz CT molecular complexity index is 1480. The van der Waals surface area contributed by atoms with E-state index < -0.39 is 53.4 Å². The number of nitrogens with zero attached hydrogens (tertiary/aromatic N) is 3. The first-order valence-corrected chi connectivity index (χ1v) is 12.5. The zero-order chi connectivity index (χ0) is 28.1. The van der Waals surface area contributed by atoms with E-state index in [0.29, 0.717) is 47.3 Å². The molecule has 2 aliphatic rings. The fourth-order valence-electron chi connectivity index (χ4n) is 4.65. The molecule has 2 saturated heterocycles. The summed E-state index contributed by atoms with van der Waals surface area (Å²) in [4.78, 5) is 26.4.